The van der Waals surface area contributed by atoms with Gasteiger partial charge < -0.3 is 20.4 Å². The fourth-order valence-electron chi connectivity index (χ4n) is 0.289. The molecule has 7 heteroatoms. The fraction of sp³-hybridized carbons (Fsp3) is 0.500. The van der Waals surface area contributed by atoms with Gasteiger partial charge in [0.15, 0.2) is 5.25 Å². The highest BCUT2D eigenvalue weighted by Crippen LogP contribution is 2.12. The van der Waals surface area contributed by atoms with Crippen LogP contribution in [0.15, 0.2) is 0 Å². The zero-order valence-electron chi connectivity index (χ0n) is 5.13. The third-order valence-corrected chi connectivity index (χ3v) is 1.51. The topological polar surface area (TPSA) is 115 Å². The van der Waals surface area contributed by atoms with Crippen LogP contribution in [0, 0.1) is 0 Å². The van der Waals surface area contributed by atoms with E-state index in [-0.39, 0.29) is 0 Å². The first-order chi connectivity index (χ1) is 4.80. The van der Waals surface area contributed by atoms with Crippen LogP contribution in [0.3, 0.4) is 0 Å². The van der Waals surface area contributed by atoms with Gasteiger partial charge in [0.2, 0.25) is 0 Å². The molecular formula is C4H6O6S. The summed E-state index contributed by atoms with van der Waals surface area (Å²) >= 11 is 3.16. The van der Waals surface area contributed by atoms with Crippen molar-refractivity contribution in [1.82, 2.24) is 0 Å². The smallest absolute Gasteiger partial charge is 0.365 e. The minimum Gasteiger partial charge on any atom is -0.480 e. The van der Waals surface area contributed by atoms with Gasteiger partial charge in [-0.2, -0.15) is 12.6 Å². The maximum atomic E-state index is 9.99. The number of hydrogen-bond donors (Lipinski definition) is 5. The van der Waals surface area contributed by atoms with Crippen molar-refractivity contribution in [2.24, 2.45) is 0 Å². The van der Waals surface area contributed by atoms with Crippen molar-refractivity contribution >= 4 is 24.6 Å². The lowest BCUT2D eigenvalue weighted by Gasteiger charge is -2.19. The number of thiol groups is 1. The molecule has 0 heterocycles. The van der Waals surface area contributed by atoms with E-state index >= 15 is 0 Å². The summed E-state index contributed by atoms with van der Waals surface area (Å²) < 4.78 is 0. The van der Waals surface area contributed by atoms with Crippen LogP contribution in [-0.2, 0) is 9.59 Å². The molecule has 0 fully saturated rings. The third-order valence-electron chi connectivity index (χ3n) is 0.930. The Hall–Kier alpha value is -0.790. The highest BCUT2D eigenvalue weighted by molar-refractivity contribution is 7.82. The predicted molar refractivity (Wildman–Crippen MR) is 35.2 cm³/mol. The molecule has 0 aromatic heterocycles. The molecule has 0 aliphatic rings. The number of carboxylic acids is 2. The highest BCUT2D eigenvalue weighted by atomic mass is 32.1. The summed E-state index contributed by atoms with van der Waals surface area (Å²) in [6.07, 6.45) is 0. The first-order valence-corrected chi connectivity index (χ1v) is 2.90. The quantitative estimate of drug-likeness (QED) is 0.258. The molecule has 6 nitrogen and oxygen atoms in total. The number of carboxylic acid groups (broad SMARTS) is 2. The van der Waals surface area contributed by atoms with E-state index in [9.17, 15) is 9.59 Å². The largest absolute Gasteiger partial charge is 0.480 e. The summed E-state index contributed by atoms with van der Waals surface area (Å²) in [4.78, 5) is 19.9. The predicted octanol–water partition coefficient (Wildman–Crippen LogP) is -1.87. The van der Waals surface area contributed by atoms with Crippen LogP contribution in [0.4, 0.5) is 0 Å². The van der Waals surface area contributed by atoms with E-state index < -0.39 is 23.0 Å². The van der Waals surface area contributed by atoms with Gasteiger partial charge in [-0.25, -0.2) is 4.79 Å². The molecule has 0 amide bonds. The molecule has 1 atom stereocenters. The van der Waals surface area contributed by atoms with E-state index in [1.165, 1.54) is 0 Å². The molecule has 0 saturated heterocycles. The van der Waals surface area contributed by atoms with Crippen LogP contribution in [0.25, 0.3) is 0 Å². The summed E-state index contributed by atoms with van der Waals surface area (Å²) in [6, 6.07) is 0. The fourth-order valence-corrected chi connectivity index (χ4v) is 0.400. The summed E-state index contributed by atoms with van der Waals surface area (Å²) in [5.41, 5.74) is 0. The first kappa shape index (κ1) is 10.2. The number of aliphatic hydroxyl groups is 2. The zero-order chi connectivity index (χ0) is 9.23. The summed E-state index contributed by atoms with van der Waals surface area (Å²) in [5, 5.41) is 31.1. The third kappa shape index (κ3) is 2.07. The summed E-state index contributed by atoms with van der Waals surface area (Å²) in [6.45, 7) is 0. The number of hydrogen-bond acceptors (Lipinski definition) is 5. The van der Waals surface area contributed by atoms with Gasteiger partial charge in [-0.15, -0.1) is 0 Å². The standard InChI is InChI=1S/C4H6O6S/c5-2(6)1(11)4(9,10)3(7)8/h1,9-11H,(H,5,6)(H,7,8). The molecule has 0 aromatic rings. The van der Waals surface area contributed by atoms with Crippen LogP contribution in [0.5, 0.6) is 0 Å². The van der Waals surface area contributed by atoms with Gasteiger partial charge in [0.05, 0.1) is 0 Å². The van der Waals surface area contributed by atoms with Crippen molar-refractivity contribution in [2.75, 3.05) is 0 Å². The molecule has 64 valence electrons. The van der Waals surface area contributed by atoms with Gasteiger partial charge in [0.25, 0.3) is 5.79 Å². The lowest BCUT2D eigenvalue weighted by atomic mass is 10.2. The maximum Gasteiger partial charge on any atom is 0.365 e. The van der Waals surface area contributed by atoms with Crippen molar-refractivity contribution in [3.05, 3.63) is 0 Å². The number of aliphatic carboxylic acids is 2. The van der Waals surface area contributed by atoms with Crippen molar-refractivity contribution in [3.8, 4) is 0 Å². The number of carbonyl (C=O) groups is 2. The van der Waals surface area contributed by atoms with E-state index in [0.29, 0.717) is 0 Å². The second kappa shape index (κ2) is 3.07. The van der Waals surface area contributed by atoms with E-state index in [4.69, 9.17) is 20.4 Å². The van der Waals surface area contributed by atoms with Crippen LogP contribution >= 0.6 is 12.6 Å². The second-order valence-electron chi connectivity index (χ2n) is 1.77. The lowest BCUT2D eigenvalue weighted by Crippen LogP contribution is -2.50. The van der Waals surface area contributed by atoms with Gasteiger partial charge in [0, 0.05) is 0 Å². The average molecular weight is 182 g/mol. The highest BCUT2D eigenvalue weighted by Gasteiger charge is 2.45. The molecule has 0 aliphatic carbocycles. The Morgan fingerprint density at radius 3 is 1.73 bits per heavy atom. The zero-order valence-corrected chi connectivity index (χ0v) is 6.02. The Labute approximate surface area is 66.5 Å². The van der Waals surface area contributed by atoms with Crippen LogP contribution in [-0.4, -0.2) is 43.4 Å². The SMILES string of the molecule is O=C(O)C(S)C(O)(O)C(=O)O. The molecule has 0 radical (unpaired) electrons. The van der Waals surface area contributed by atoms with Gasteiger partial charge >= 0.3 is 11.9 Å². The molecule has 0 aliphatic heterocycles. The average Bonchev–Trinajstić information content (AvgIpc) is 1.85. The molecule has 0 bridgehead atoms. The van der Waals surface area contributed by atoms with E-state index in [2.05, 4.69) is 12.6 Å². The minimum atomic E-state index is -3.34. The van der Waals surface area contributed by atoms with Gasteiger partial charge in [-0.3, -0.25) is 4.79 Å². The monoisotopic (exact) mass is 182 g/mol. The molecular weight excluding hydrogens is 176 g/mol. The normalized spacial score (nSPS) is 14.1. The van der Waals surface area contributed by atoms with E-state index in [1.807, 2.05) is 0 Å². The lowest BCUT2D eigenvalue weighted by molar-refractivity contribution is -0.206. The molecule has 0 saturated carbocycles. The molecule has 11 heavy (non-hydrogen) atoms. The van der Waals surface area contributed by atoms with E-state index in [0.717, 1.165) is 0 Å². The minimum absolute atomic E-state index is 1.72. The maximum absolute atomic E-state index is 9.99. The summed E-state index contributed by atoms with van der Waals surface area (Å²) in [7, 11) is 0. The Morgan fingerprint density at radius 2 is 1.64 bits per heavy atom. The van der Waals surface area contributed by atoms with Gasteiger partial charge in [0.1, 0.15) is 0 Å². The summed E-state index contributed by atoms with van der Waals surface area (Å²) in [5.74, 6) is -7.12. The van der Waals surface area contributed by atoms with Crippen molar-refractivity contribution in [2.45, 2.75) is 11.0 Å². The molecule has 4 N–H and O–H groups in total. The van der Waals surface area contributed by atoms with Gasteiger partial charge in [-0.1, -0.05) is 0 Å². The van der Waals surface area contributed by atoms with Crippen LogP contribution in [0.1, 0.15) is 0 Å². The molecule has 0 spiro atoms. The van der Waals surface area contributed by atoms with E-state index in [1.54, 1.807) is 0 Å². The van der Waals surface area contributed by atoms with Crippen LogP contribution in [0.2, 0.25) is 0 Å². The second-order valence-corrected chi connectivity index (χ2v) is 2.29. The van der Waals surface area contributed by atoms with Crippen molar-refractivity contribution < 1.29 is 30.0 Å². The Morgan fingerprint density at radius 1 is 1.27 bits per heavy atom. The first-order valence-electron chi connectivity index (χ1n) is 2.39. The molecule has 1 unspecified atom stereocenters. The molecule has 0 rings (SSSR count). The number of rotatable bonds is 3. The van der Waals surface area contributed by atoms with Crippen molar-refractivity contribution in [3.63, 3.8) is 0 Å². The van der Waals surface area contributed by atoms with Gasteiger partial charge in [-0.05, 0) is 0 Å². The Bertz CT molecular complexity index is 187. The van der Waals surface area contributed by atoms with Crippen molar-refractivity contribution in [1.29, 1.82) is 0 Å². The Balaban J connectivity index is 4.55. The Kier molecular flexibility index (Phi) is 2.85. The molecule has 0 aromatic carbocycles. The van der Waals surface area contributed by atoms with Crippen LogP contribution < -0.4 is 0 Å².